The first-order valence-electron chi connectivity index (χ1n) is 9.50. The van der Waals surface area contributed by atoms with Crippen LogP contribution in [0.5, 0.6) is 0 Å². The Morgan fingerprint density at radius 3 is 2.55 bits per heavy atom. The molecule has 1 N–H and O–H groups in total. The smallest absolute Gasteiger partial charge is 0.255 e. The molecule has 4 nitrogen and oxygen atoms in total. The van der Waals surface area contributed by atoms with Crippen LogP contribution >= 0.6 is 11.8 Å². The topological polar surface area (TPSA) is 49.4 Å². The quantitative estimate of drug-likeness (QED) is 0.641. The number of rotatable bonds is 4. The second-order valence-corrected chi connectivity index (χ2v) is 8.23. The first-order valence-corrected chi connectivity index (χ1v) is 10.5. The summed E-state index contributed by atoms with van der Waals surface area (Å²) in [5.74, 6) is 0.397. The lowest BCUT2D eigenvalue weighted by atomic mass is 10.1. The van der Waals surface area contributed by atoms with Gasteiger partial charge in [0.05, 0.1) is 5.75 Å². The average molecular weight is 403 g/mol. The van der Waals surface area contributed by atoms with Gasteiger partial charge in [0.15, 0.2) is 0 Å². The van der Waals surface area contributed by atoms with Crippen molar-refractivity contribution in [2.45, 2.75) is 19.2 Å². The lowest BCUT2D eigenvalue weighted by Gasteiger charge is -2.26. The van der Waals surface area contributed by atoms with Gasteiger partial charge < -0.3 is 5.32 Å². The van der Waals surface area contributed by atoms with Crippen LogP contribution in [0.25, 0.3) is 0 Å². The highest BCUT2D eigenvalue weighted by Crippen LogP contribution is 2.43. The highest BCUT2D eigenvalue weighted by Gasteiger charge is 2.34. The number of nitrogens with one attached hydrogen (secondary N) is 1. The zero-order valence-corrected chi connectivity index (χ0v) is 17.2. The number of nitrogens with zero attached hydrogens (tertiary/aromatic N) is 1. The minimum atomic E-state index is -0.149. The van der Waals surface area contributed by atoms with Crippen molar-refractivity contribution in [3.05, 3.63) is 95.1 Å². The summed E-state index contributed by atoms with van der Waals surface area (Å²) < 4.78 is 0. The highest BCUT2D eigenvalue weighted by atomic mass is 32.2. The molecule has 0 aromatic heterocycles. The molecule has 0 bridgehead atoms. The Kier molecular flexibility index (Phi) is 5.41. The summed E-state index contributed by atoms with van der Waals surface area (Å²) in [5.41, 5.74) is 5.52. The number of carbonyl (C=O) groups is 2. The summed E-state index contributed by atoms with van der Waals surface area (Å²) in [7, 11) is 0. The zero-order valence-electron chi connectivity index (χ0n) is 16.4. The summed E-state index contributed by atoms with van der Waals surface area (Å²) in [6.45, 7) is 4.08. The molecule has 29 heavy (non-hydrogen) atoms. The molecule has 146 valence electrons. The lowest BCUT2D eigenvalue weighted by molar-refractivity contribution is -0.115. The van der Waals surface area contributed by atoms with Gasteiger partial charge in [-0.3, -0.25) is 14.5 Å². The zero-order chi connectivity index (χ0) is 20.4. The second kappa shape index (κ2) is 8.13. The van der Waals surface area contributed by atoms with Crippen molar-refractivity contribution in [1.29, 1.82) is 0 Å². The van der Waals surface area contributed by atoms with E-state index in [0.29, 0.717) is 11.3 Å². The molecule has 3 aromatic rings. The van der Waals surface area contributed by atoms with E-state index in [1.165, 1.54) is 5.56 Å². The molecule has 3 aromatic carbocycles. The van der Waals surface area contributed by atoms with Crippen molar-refractivity contribution in [2.24, 2.45) is 0 Å². The molecule has 1 saturated heterocycles. The largest absolute Gasteiger partial charge is 0.322 e. The Labute approximate surface area is 174 Å². The maximum Gasteiger partial charge on any atom is 0.255 e. The molecule has 0 radical (unpaired) electrons. The summed E-state index contributed by atoms with van der Waals surface area (Å²) in [4.78, 5) is 27.0. The van der Waals surface area contributed by atoms with Crippen molar-refractivity contribution < 1.29 is 9.59 Å². The van der Waals surface area contributed by atoms with Gasteiger partial charge in [0, 0.05) is 16.9 Å². The molecule has 1 aliphatic rings. The standard InChI is InChI=1S/C24H22N2O2S/c1-16-11-12-21(17(2)13-16)26-22(27)15-29-24(26)19-9-6-10-20(14-19)25-23(28)18-7-4-3-5-8-18/h3-14,24H,15H2,1-2H3,(H,25,28). The Bertz CT molecular complexity index is 1070. The summed E-state index contributed by atoms with van der Waals surface area (Å²) in [6.07, 6.45) is 0. The van der Waals surface area contributed by atoms with Gasteiger partial charge in [0.1, 0.15) is 5.37 Å². The van der Waals surface area contributed by atoms with Gasteiger partial charge in [-0.05, 0) is 55.3 Å². The van der Waals surface area contributed by atoms with E-state index in [9.17, 15) is 9.59 Å². The van der Waals surface area contributed by atoms with Crippen LogP contribution < -0.4 is 10.2 Å². The summed E-state index contributed by atoms with van der Waals surface area (Å²) >= 11 is 1.61. The number of carbonyl (C=O) groups excluding carboxylic acids is 2. The van der Waals surface area contributed by atoms with Crippen LogP contribution in [0.3, 0.4) is 0 Å². The van der Waals surface area contributed by atoms with E-state index >= 15 is 0 Å². The van der Waals surface area contributed by atoms with E-state index in [0.717, 1.165) is 22.5 Å². The third-order valence-electron chi connectivity index (χ3n) is 4.95. The summed E-state index contributed by atoms with van der Waals surface area (Å²) in [5, 5.41) is 2.84. The molecule has 1 unspecified atom stereocenters. The maximum absolute atomic E-state index is 12.7. The molecular formula is C24H22N2O2S. The fraction of sp³-hybridized carbons (Fsp3) is 0.167. The van der Waals surface area contributed by atoms with Crippen LogP contribution in [-0.2, 0) is 4.79 Å². The van der Waals surface area contributed by atoms with E-state index < -0.39 is 0 Å². The van der Waals surface area contributed by atoms with Gasteiger partial charge >= 0.3 is 0 Å². The van der Waals surface area contributed by atoms with Crippen LogP contribution in [0.15, 0.2) is 72.8 Å². The average Bonchev–Trinajstić information content (AvgIpc) is 3.10. The van der Waals surface area contributed by atoms with Crippen LogP contribution in [0.4, 0.5) is 11.4 Å². The van der Waals surface area contributed by atoms with Crippen molar-refractivity contribution in [2.75, 3.05) is 16.0 Å². The lowest BCUT2D eigenvalue weighted by Crippen LogP contribution is -2.28. The molecule has 1 fully saturated rings. The Balaban J connectivity index is 1.61. The van der Waals surface area contributed by atoms with E-state index in [1.54, 1.807) is 23.9 Å². The maximum atomic E-state index is 12.7. The van der Waals surface area contributed by atoms with Crippen LogP contribution in [0.2, 0.25) is 0 Å². The first kappa shape index (κ1) is 19.3. The molecule has 1 aliphatic heterocycles. The van der Waals surface area contributed by atoms with Gasteiger partial charge in [-0.15, -0.1) is 11.8 Å². The normalized spacial score (nSPS) is 16.1. The van der Waals surface area contributed by atoms with Gasteiger partial charge in [0.2, 0.25) is 5.91 Å². The molecular weight excluding hydrogens is 380 g/mol. The van der Waals surface area contributed by atoms with E-state index in [4.69, 9.17) is 0 Å². The SMILES string of the molecule is Cc1ccc(N2C(=O)CSC2c2cccc(NC(=O)c3ccccc3)c2)c(C)c1. The number of thioether (sulfide) groups is 1. The molecule has 0 saturated carbocycles. The molecule has 0 aliphatic carbocycles. The number of hydrogen-bond donors (Lipinski definition) is 1. The highest BCUT2D eigenvalue weighted by molar-refractivity contribution is 8.00. The summed E-state index contributed by atoms with van der Waals surface area (Å²) in [6, 6.07) is 23.0. The molecule has 2 amide bonds. The van der Waals surface area contributed by atoms with Crippen molar-refractivity contribution in [1.82, 2.24) is 0 Å². The number of amides is 2. The molecule has 4 rings (SSSR count). The second-order valence-electron chi connectivity index (χ2n) is 7.16. The molecule has 5 heteroatoms. The fourth-order valence-corrected chi connectivity index (χ4v) is 4.73. The minimum Gasteiger partial charge on any atom is -0.322 e. The van der Waals surface area contributed by atoms with Crippen LogP contribution in [0, 0.1) is 13.8 Å². The van der Waals surface area contributed by atoms with Gasteiger partial charge in [-0.25, -0.2) is 0 Å². The third-order valence-corrected chi connectivity index (χ3v) is 6.16. The molecule has 1 atom stereocenters. The van der Waals surface area contributed by atoms with E-state index in [1.807, 2.05) is 73.3 Å². The predicted octanol–water partition coefficient (Wildman–Crippen LogP) is 5.33. The fourth-order valence-electron chi connectivity index (χ4n) is 3.57. The first-order chi connectivity index (χ1) is 14.0. The third kappa shape index (κ3) is 4.05. The Morgan fingerprint density at radius 1 is 1.00 bits per heavy atom. The van der Waals surface area contributed by atoms with E-state index in [2.05, 4.69) is 11.4 Å². The predicted molar refractivity (Wildman–Crippen MR) is 119 cm³/mol. The number of hydrogen-bond acceptors (Lipinski definition) is 3. The number of aryl methyl sites for hydroxylation is 2. The van der Waals surface area contributed by atoms with Crippen LogP contribution in [-0.4, -0.2) is 17.6 Å². The van der Waals surface area contributed by atoms with Crippen molar-refractivity contribution in [3.8, 4) is 0 Å². The van der Waals surface area contributed by atoms with Crippen LogP contribution in [0.1, 0.15) is 32.4 Å². The number of anilines is 2. The monoisotopic (exact) mass is 402 g/mol. The molecule has 1 heterocycles. The van der Waals surface area contributed by atoms with Gasteiger partial charge in [-0.1, -0.05) is 48.0 Å². The van der Waals surface area contributed by atoms with E-state index in [-0.39, 0.29) is 17.2 Å². The Morgan fingerprint density at radius 2 is 1.79 bits per heavy atom. The van der Waals surface area contributed by atoms with Crippen molar-refractivity contribution >= 4 is 35.0 Å². The Hall–Kier alpha value is -3.05. The van der Waals surface area contributed by atoms with Crippen molar-refractivity contribution in [3.63, 3.8) is 0 Å². The van der Waals surface area contributed by atoms with Gasteiger partial charge in [-0.2, -0.15) is 0 Å². The minimum absolute atomic E-state index is 0.102. The number of benzene rings is 3. The molecule has 0 spiro atoms. The van der Waals surface area contributed by atoms with Gasteiger partial charge in [0.25, 0.3) is 5.91 Å².